The lowest BCUT2D eigenvalue weighted by atomic mass is 10.1. The lowest BCUT2D eigenvalue weighted by molar-refractivity contribution is 0.419. The van der Waals surface area contributed by atoms with Crippen LogP contribution in [0.1, 0.15) is 5.56 Å². The molecule has 3 heteroatoms. The molecule has 3 aromatic rings. The molecule has 0 unspecified atom stereocenters. The zero-order valence-electron chi connectivity index (χ0n) is 10.2. The van der Waals surface area contributed by atoms with Crippen LogP contribution in [0.5, 0.6) is 5.75 Å². The molecule has 1 aromatic heterocycles. The number of aryl methyl sites for hydroxylation is 1. The van der Waals surface area contributed by atoms with E-state index < -0.39 is 0 Å². The van der Waals surface area contributed by atoms with Crippen molar-refractivity contribution < 1.29 is 4.74 Å². The van der Waals surface area contributed by atoms with Crippen LogP contribution < -0.4 is 10.2 Å². The molecule has 3 rings (SSSR count). The van der Waals surface area contributed by atoms with Gasteiger partial charge < -0.3 is 4.74 Å². The fraction of sp³-hybridized carbons (Fsp3) is 0.133. The zero-order valence-corrected chi connectivity index (χ0v) is 11.0. The highest BCUT2D eigenvalue weighted by molar-refractivity contribution is 7.24. The van der Waals surface area contributed by atoms with E-state index in [1.54, 1.807) is 18.4 Å². The highest BCUT2D eigenvalue weighted by Crippen LogP contribution is 2.30. The van der Waals surface area contributed by atoms with Gasteiger partial charge in [0.2, 0.25) is 0 Å². The number of rotatable bonds is 1. The van der Waals surface area contributed by atoms with E-state index in [0.29, 0.717) is 11.1 Å². The fourth-order valence-electron chi connectivity index (χ4n) is 2.14. The molecule has 0 atom stereocenters. The molecule has 0 amide bonds. The van der Waals surface area contributed by atoms with Gasteiger partial charge in [-0.1, -0.05) is 12.1 Å². The second-order valence-electron chi connectivity index (χ2n) is 4.26. The molecule has 0 saturated heterocycles. The van der Waals surface area contributed by atoms with Crippen LogP contribution in [-0.2, 0) is 0 Å². The Hall–Kier alpha value is -1.87. The van der Waals surface area contributed by atoms with Crippen molar-refractivity contribution >= 4 is 31.5 Å². The third-order valence-electron chi connectivity index (χ3n) is 3.04. The van der Waals surface area contributed by atoms with Crippen molar-refractivity contribution in [3.63, 3.8) is 0 Å². The Morgan fingerprint density at radius 3 is 2.72 bits per heavy atom. The topological polar surface area (TPSA) is 26.3 Å². The van der Waals surface area contributed by atoms with Crippen molar-refractivity contribution in [2.24, 2.45) is 0 Å². The summed E-state index contributed by atoms with van der Waals surface area (Å²) in [5.74, 6) is 0.649. The van der Waals surface area contributed by atoms with Gasteiger partial charge in [0, 0.05) is 14.8 Å². The molecule has 0 saturated carbocycles. The molecule has 0 spiro atoms. The van der Waals surface area contributed by atoms with Crippen LogP contribution in [0.3, 0.4) is 0 Å². The van der Waals surface area contributed by atoms with Gasteiger partial charge in [0.05, 0.1) is 12.5 Å². The molecule has 0 radical (unpaired) electrons. The summed E-state index contributed by atoms with van der Waals surface area (Å²) in [4.78, 5) is 12.5. The van der Waals surface area contributed by atoms with E-state index >= 15 is 0 Å². The van der Waals surface area contributed by atoms with Crippen LogP contribution in [0.15, 0.2) is 41.2 Å². The van der Waals surface area contributed by atoms with E-state index in [2.05, 4.69) is 6.07 Å². The maximum Gasteiger partial charge on any atom is 0.199 e. The largest absolute Gasteiger partial charge is 0.496 e. The van der Waals surface area contributed by atoms with Crippen molar-refractivity contribution in [2.45, 2.75) is 6.92 Å². The first-order chi connectivity index (χ1) is 8.70. The summed E-state index contributed by atoms with van der Waals surface area (Å²) in [7, 11) is 1.60. The summed E-state index contributed by atoms with van der Waals surface area (Å²) in [6.07, 6.45) is 0. The molecule has 2 nitrogen and oxygen atoms in total. The van der Waals surface area contributed by atoms with Crippen molar-refractivity contribution in [1.29, 1.82) is 0 Å². The van der Waals surface area contributed by atoms with Gasteiger partial charge in [0.25, 0.3) is 0 Å². The lowest BCUT2D eigenvalue weighted by Gasteiger charge is -2.06. The van der Waals surface area contributed by atoms with Crippen LogP contribution in [-0.4, -0.2) is 7.11 Å². The average molecular weight is 256 g/mol. The summed E-state index contributed by atoms with van der Waals surface area (Å²) in [6, 6.07) is 11.6. The van der Waals surface area contributed by atoms with Crippen LogP contribution in [0.25, 0.3) is 20.2 Å². The van der Waals surface area contributed by atoms with Crippen molar-refractivity contribution in [1.82, 2.24) is 0 Å². The van der Waals surface area contributed by atoms with Gasteiger partial charge in [0.15, 0.2) is 5.43 Å². The standard InChI is InChI=1S/C15H12O2S/c1-9-6-7-10-13(8-9)18-12-5-3-4-11(17-2)14(12)15(10)16/h3-8H,1-2H3. The normalized spacial score (nSPS) is 11.0. The lowest BCUT2D eigenvalue weighted by Crippen LogP contribution is -2.03. The summed E-state index contributed by atoms with van der Waals surface area (Å²) >= 11 is 1.63. The Balaban J connectivity index is 2.57. The van der Waals surface area contributed by atoms with Gasteiger partial charge in [0.1, 0.15) is 5.75 Å². The van der Waals surface area contributed by atoms with Gasteiger partial charge in [-0.2, -0.15) is 0 Å². The summed E-state index contributed by atoms with van der Waals surface area (Å²) in [5, 5.41) is 1.45. The first kappa shape index (κ1) is 11.2. The van der Waals surface area contributed by atoms with Crippen molar-refractivity contribution in [3.8, 4) is 5.75 Å². The molecular formula is C15H12O2S. The Morgan fingerprint density at radius 2 is 1.94 bits per heavy atom. The number of hydrogen-bond donors (Lipinski definition) is 0. The van der Waals surface area contributed by atoms with Crippen LogP contribution in [0.4, 0.5) is 0 Å². The smallest absolute Gasteiger partial charge is 0.199 e. The summed E-state index contributed by atoms with van der Waals surface area (Å²) < 4.78 is 7.29. The fourth-order valence-corrected chi connectivity index (χ4v) is 3.34. The molecule has 0 fully saturated rings. The Kier molecular flexibility index (Phi) is 2.56. The molecule has 0 aliphatic carbocycles. The van der Waals surface area contributed by atoms with Crippen LogP contribution in [0.2, 0.25) is 0 Å². The molecule has 18 heavy (non-hydrogen) atoms. The summed E-state index contributed by atoms with van der Waals surface area (Å²) in [5.41, 5.74) is 1.22. The number of fused-ring (bicyclic) bond motifs is 2. The SMILES string of the molecule is COc1cccc2sc3cc(C)ccc3c(=O)c12. The zero-order chi connectivity index (χ0) is 12.7. The minimum absolute atomic E-state index is 0.0520. The minimum atomic E-state index is 0.0520. The van der Waals surface area contributed by atoms with Gasteiger partial charge in [-0.25, -0.2) is 0 Å². The predicted octanol–water partition coefficient (Wildman–Crippen LogP) is 3.73. The van der Waals surface area contributed by atoms with Crippen LogP contribution >= 0.6 is 11.3 Å². The molecule has 2 aromatic carbocycles. The van der Waals surface area contributed by atoms with E-state index in [4.69, 9.17) is 4.74 Å². The molecule has 90 valence electrons. The molecule has 0 aliphatic heterocycles. The van der Waals surface area contributed by atoms with E-state index in [9.17, 15) is 4.79 Å². The minimum Gasteiger partial charge on any atom is -0.496 e. The maximum atomic E-state index is 12.5. The Bertz CT molecular complexity index is 803. The quantitative estimate of drug-likeness (QED) is 0.620. The number of hydrogen-bond acceptors (Lipinski definition) is 3. The van der Waals surface area contributed by atoms with E-state index in [1.165, 1.54) is 5.56 Å². The third kappa shape index (κ3) is 1.59. The third-order valence-corrected chi connectivity index (χ3v) is 4.15. The molecule has 1 heterocycles. The monoisotopic (exact) mass is 256 g/mol. The Morgan fingerprint density at radius 1 is 1.11 bits per heavy atom. The highest BCUT2D eigenvalue weighted by atomic mass is 32.1. The molecule has 0 N–H and O–H groups in total. The second kappa shape index (κ2) is 4.10. The molecule has 0 aliphatic rings. The van der Waals surface area contributed by atoms with Crippen molar-refractivity contribution in [2.75, 3.05) is 7.11 Å². The first-order valence-electron chi connectivity index (χ1n) is 5.71. The van der Waals surface area contributed by atoms with E-state index in [-0.39, 0.29) is 5.43 Å². The van der Waals surface area contributed by atoms with Crippen LogP contribution in [0, 0.1) is 6.92 Å². The summed E-state index contributed by atoms with van der Waals surface area (Å²) in [6.45, 7) is 2.03. The van der Waals surface area contributed by atoms with Gasteiger partial charge in [-0.3, -0.25) is 4.79 Å². The number of methoxy groups -OCH3 is 1. The predicted molar refractivity (Wildman–Crippen MR) is 76.9 cm³/mol. The van der Waals surface area contributed by atoms with Gasteiger partial charge in [-0.15, -0.1) is 11.3 Å². The van der Waals surface area contributed by atoms with E-state index in [0.717, 1.165) is 14.8 Å². The maximum absolute atomic E-state index is 12.5. The average Bonchev–Trinajstić information content (AvgIpc) is 2.37. The van der Waals surface area contributed by atoms with Gasteiger partial charge >= 0.3 is 0 Å². The second-order valence-corrected chi connectivity index (χ2v) is 5.35. The number of benzene rings is 2. The van der Waals surface area contributed by atoms with E-state index in [1.807, 2.05) is 37.3 Å². The number of ether oxygens (including phenoxy) is 1. The van der Waals surface area contributed by atoms with Gasteiger partial charge in [-0.05, 0) is 36.8 Å². The molecular weight excluding hydrogens is 244 g/mol. The highest BCUT2D eigenvalue weighted by Gasteiger charge is 2.10. The first-order valence-corrected chi connectivity index (χ1v) is 6.52. The molecule has 0 bridgehead atoms. The Labute approximate surface area is 108 Å². The van der Waals surface area contributed by atoms with Crippen molar-refractivity contribution in [3.05, 3.63) is 52.2 Å².